The van der Waals surface area contributed by atoms with Gasteiger partial charge in [0.2, 0.25) is 5.91 Å². The van der Waals surface area contributed by atoms with Gasteiger partial charge in [-0.2, -0.15) is 0 Å². The van der Waals surface area contributed by atoms with Crippen LogP contribution in [0, 0.1) is 0 Å². The van der Waals surface area contributed by atoms with Gasteiger partial charge in [-0.15, -0.1) is 0 Å². The van der Waals surface area contributed by atoms with Gasteiger partial charge in [-0.25, -0.2) is 4.79 Å². The molecule has 1 unspecified atom stereocenters. The third kappa shape index (κ3) is 3.53. The average molecular weight is 330 g/mol. The maximum Gasteiger partial charge on any atom is 0.324 e. The Bertz CT molecular complexity index is 601. The van der Waals surface area contributed by atoms with Crippen molar-refractivity contribution in [2.24, 2.45) is 0 Å². The second-order valence-corrected chi connectivity index (χ2v) is 6.74. The van der Waals surface area contributed by atoms with Crippen molar-refractivity contribution >= 4 is 17.6 Å². The van der Waals surface area contributed by atoms with Crippen molar-refractivity contribution in [2.75, 3.05) is 45.2 Å². The van der Waals surface area contributed by atoms with E-state index in [9.17, 15) is 9.59 Å². The highest BCUT2D eigenvalue weighted by Gasteiger charge is 2.29. The number of hydrogen-bond acceptors (Lipinski definition) is 4. The Morgan fingerprint density at radius 3 is 2.79 bits per heavy atom. The van der Waals surface area contributed by atoms with Gasteiger partial charge >= 0.3 is 6.03 Å². The zero-order valence-electron chi connectivity index (χ0n) is 14.5. The van der Waals surface area contributed by atoms with E-state index in [2.05, 4.69) is 53.5 Å². The Labute approximate surface area is 143 Å². The summed E-state index contributed by atoms with van der Waals surface area (Å²) in [4.78, 5) is 29.1. The molecule has 1 atom stereocenters. The number of benzene rings is 1. The van der Waals surface area contributed by atoms with Crippen molar-refractivity contribution in [3.63, 3.8) is 0 Å². The summed E-state index contributed by atoms with van der Waals surface area (Å²) in [5, 5.41) is 2.57. The van der Waals surface area contributed by atoms with Crippen LogP contribution >= 0.6 is 0 Å². The normalized spacial score (nSPS) is 21.4. The van der Waals surface area contributed by atoms with Crippen LogP contribution < -0.4 is 10.2 Å². The van der Waals surface area contributed by atoms with Crippen LogP contribution in [0.1, 0.15) is 30.9 Å². The molecule has 0 radical (unpaired) electrons. The molecule has 24 heavy (non-hydrogen) atoms. The molecule has 0 aliphatic carbocycles. The quantitative estimate of drug-likeness (QED) is 0.809. The first-order valence-corrected chi connectivity index (χ1v) is 8.66. The van der Waals surface area contributed by atoms with E-state index in [0.29, 0.717) is 12.6 Å². The summed E-state index contributed by atoms with van der Waals surface area (Å²) in [5.41, 5.74) is 2.58. The third-order valence-electron chi connectivity index (χ3n) is 4.90. The molecule has 2 saturated heterocycles. The number of carbonyl (C=O) groups is 2. The number of anilines is 1. The van der Waals surface area contributed by atoms with E-state index in [1.807, 2.05) is 0 Å². The molecule has 3 amide bonds. The fourth-order valence-corrected chi connectivity index (χ4v) is 3.60. The van der Waals surface area contributed by atoms with Crippen molar-refractivity contribution in [3.05, 3.63) is 29.8 Å². The van der Waals surface area contributed by atoms with Gasteiger partial charge in [0.15, 0.2) is 0 Å². The SMILES string of the molecule is CN(C)c1cccc(C2CCCN2CCCN2C(=O)CNC2=O)c1. The van der Waals surface area contributed by atoms with Crippen molar-refractivity contribution in [1.29, 1.82) is 0 Å². The summed E-state index contributed by atoms with van der Waals surface area (Å²) in [6, 6.07) is 8.90. The maximum atomic E-state index is 11.6. The topological polar surface area (TPSA) is 55.9 Å². The Hall–Kier alpha value is -2.08. The molecule has 1 aromatic rings. The number of imide groups is 1. The fourth-order valence-electron chi connectivity index (χ4n) is 3.60. The van der Waals surface area contributed by atoms with E-state index in [0.717, 1.165) is 19.5 Å². The molecule has 3 rings (SSSR count). The molecule has 0 aromatic heterocycles. The number of urea groups is 1. The lowest BCUT2D eigenvalue weighted by Gasteiger charge is -2.26. The van der Waals surface area contributed by atoms with Crippen LogP contribution in [0.25, 0.3) is 0 Å². The molecule has 2 fully saturated rings. The third-order valence-corrected chi connectivity index (χ3v) is 4.90. The van der Waals surface area contributed by atoms with Gasteiger partial charge in [-0.1, -0.05) is 12.1 Å². The Balaban J connectivity index is 1.58. The van der Waals surface area contributed by atoms with Crippen molar-refractivity contribution in [1.82, 2.24) is 15.1 Å². The first-order chi connectivity index (χ1) is 11.6. The maximum absolute atomic E-state index is 11.6. The number of hydrogen-bond donors (Lipinski definition) is 1. The van der Waals surface area contributed by atoms with E-state index in [1.54, 1.807) is 0 Å². The molecular formula is C18H26N4O2. The predicted molar refractivity (Wildman–Crippen MR) is 94.0 cm³/mol. The number of carbonyl (C=O) groups excluding carboxylic acids is 2. The Morgan fingerprint density at radius 1 is 1.25 bits per heavy atom. The monoisotopic (exact) mass is 330 g/mol. The number of likely N-dealkylation sites (tertiary alicyclic amines) is 1. The Kier molecular flexibility index (Phi) is 5.04. The van der Waals surface area contributed by atoms with Gasteiger partial charge in [0.05, 0.1) is 6.54 Å². The van der Waals surface area contributed by atoms with Crippen LogP contribution in [0.5, 0.6) is 0 Å². The fraction of sp³-hybridized carbons (Fsp3) is 0.556. The summed E-state index contributed by atoms with van der Waals surface area (Å²) in [7, 11) is 4.12. The number of amides is 3. The minimum Gasteiger partial charge on any atom is -0.378 e. The summed E-state index contributed by atoms with van der Waals surface area (Å²) < 4.78 is 0. The lowest BCUT2D eigenvalue weighted by molar-refractivity contribution is -0.125. The molecule has 2 aliphatic rings. The second-order valence-electron chi connectivity index (χ2n) is 6.74. The molecule has 0 spiro atoms. The molecular weight excluding hydrogens is 304 g/mol. The lowest BCUT2D eigenvalue weighted by atomic mass is 10.0. The predicted octanol–water partition coefficient (Wildman–Crippen LogP) is 1.83. The van der Waals surface area contributed by atoms with Crippen molar-refractivity contribution in [2.45, 2.75) is 25.3 Å². The first-order valence-electron chi connectivity index (χ1n) is 8.66. The van der Waals surface area contributed by atoms with E-state index in [-0.39, 0.29) is 18.5 Å². The number of rotatable bonds is 6. The van der Waals surface area contributed by atoms with Crippen LogP contribution in [-0.2, 0) is 4.79 Å². The van der Waals surface area contributed by atoms with Crippen LogP contribution in [0.15, 0.2) is 24.3 Å². The highest BCUT2D eigenvalue weighted by molar-refractivity contribution is 6.01. The van der Waals surface area contributed by atoms with Crippen LogP contribution in [0.4, 0.5) is 10.5 Å². The van der Waals surface area contributed by atoms with Crippen LogP contribution in [-0.4, -0.2) is 62.0 Å². The largest absolute Gasteiger partial charge is 0.378 e. The van der Waals surface area contributed by atoms with Gasteiger partial charge in [-0.05, 0) is 43.5 Å². The zero-order chi connectivity index (χ0) is 17.1. The summed E-state index contributed by atoms with van der Waals surface area (Å²) in [6.07, 6.45) is 3.18. The van der Waals surface area contributed by atoms with E-state index >= 15 is 0 Å². The van der Waals surface area contributed by atoms with E-state index in [1.165, 1.54) is 29.0 Å². The molecule has 0 bridgehead atoms. The molecule has 0 saturated carbocycles. The van der Waals surface area contributed by atoms with Gasteiger partial charge in [0, 0.05) is 38.9 Å². The first kappa shape index (κ1) is 16.8. The summed E-state index contributed by atoms with van der Waals surface area (Å²) in [6.45, 7) is 2.64. The van der Waals surface area contributed by atoms with Crippen LogP contribution in [0.2, 0.25) is 0 Å². The standard InChI is InChI=1S/C18H26N4O2/c1-20(2)15-7-3-6-14(12-15)16-8-4-9-21(16)10-5-11-22-17(23)13-19-18(22)24/h3,6-7,12,16H,4-5,8-11,13H2,1-2H3,(H,19,24). The smallest absolute Gasteiger partial charge is 0.324 e. The van der Waals surface area contributed by atoms with E-state index in [4.69, 9.17) is 0 Å². The highest BCUT2D eigenvalue weighted by atomic mass is 16.2. The summed E-state index contributed by atoms with van der Waals surface area (Å²) in [5.74, 6) is -0.114. The molecule has 1 N–H and O–H groups in total. The van der Waals surface area contributed by atoms with Gasteiger partial charge < -0.3 is 10.2 Å². The van der Waals surface area contributed by atoms with Gasteiger partial charge in [-0.3, -0.25) is 14.6 Å². The van der Waals surface area contributed by atoms with Gasteiger partial charge in [0.1, 0.15) is 0 Å². The van der Waals surface area contributed by atoms with Crippen LogP contribution in [0.3, 0.4) is 0 Å². The molecule has 1 aromatic carbocycles. The van der Waals surface area contributed by atoms with Gasteiger partial charge in [0.25, 0.3) is 0 Å². The lowest BCUT2D eigenvalue weighted by Crippen LogP contribution is -2.34. The van der Waals surface area contributed by atoms with Crippen molar-refractivity contribution < 1.29 is 9.59 Å². The number of nitrogens with zero attached hydrogens (tertiary/aromatic N) is 3. The minimum absolute atomic E-state index is 0.114. The molecule has 2 aliphatic heterocycles. The zero-order valence-corrected chi connectivity index (χ0v) is 14.5. The average Bonchev–Trinajstić information content (AvgIpc) is 3.16. The molecule has 6 nitrogen and oxygen atoms in total. The molecule has 6 heteroatoms. The molecule has 130 valence electrons. The minimum atomic E-state index is -0.253. The van der Waals surface area contributed by atoms with E-state index < -0.39 is 0 Å². The highest BCUT2D eigenvalue weighted by Crippen LogP contribution is 2.33. The second kappa shape index (κ2) is 7.21. The number of nitrogens with one attached hydrogen (secondary N) is 1. The summed E-state index contributed by atoms with van der Waals surface area (Å²) >= 11 is 0. The van der Waals surface area contributed by atoms with Crippen molar-refractivity contribution in [3.8, 4) is 0 Å². The molecule has 2 heterocycles. The Morgan fingerprint density at radius 2 is 2.08 bits per heavy atom.